The molecule has 1 aliphatic rings. The lowest BCUT2D eigenvalue weighted by atomic mass is 9.87. The van der Waals surface area contributed by atoms with Gasteiger partial charge in [-0.25, -0.2) is 0 Å². The van der Waals surface area contributed by atoms with Gasteiger partial charge < -0.3 is 15.0 Å². The Morgan fingerprint density at radius 3 is 2.61 bits per heavy atom. The van der Waals surface area contributed by atoms with Gasteiger partial charge in [-0.05, 0) is 50.2 Å². The van der Waals surface area contributed by atoms with Gasteiger partial charge in [0.1, 0.15) is 0 Å². The second-order valence-corrected chi connectivity index (χ2v) is 5.74. The van der Waals surface area contributed by atoms with E-state index in [1.54, 1.807) is 0 Å². The number of piperidine rings is 1. The zero-order chi connectivity index (χ0) is 13.4. The highest BCUT2D eigenvalue weighted by Gasteiger charge is 2.22. The molecular weight excluding hydrogens is 244 g/mol. The van der Waals surface area contributed by atoms with Crippen molar-refractivity contribution in [1.29, 1.82) is 0 Å². The van der Waals surface area contributed by atoms with Gasteiger partial charge in [0.05, 0.1) is 0 Å². The molecule has 1 aliphatic heterocycles. The molecule has 3 nitrogen and oxygen atoms in total. The van der Waals surface area contributed by atoms with Crippen molar-refractivity contribution in [3.05, 3.63) is 0 Å². The Bertz CT molecular complexity index is 238. The van der Waals surface area contributed by atoms with Gasteiger partial charge in [0.15, 0.2) is 5.11 Å². The van der Waals surface area contributed by atoms with E-state index in [4.69, 9.17) is 17.0 Å². The molecule has 0 aromatic carbocycles. The lowest BCUT2D eigenvalue weighted by Crippen LogP contribution is -2.45. The second kappa shape index (κ2) is 8.70. The molecule has 1 rings (SSSR count). The molecule has 106 valence electrons. The summed E-state index contributed by atoms with van der Waals surface area (Å²) in [7, 11) is 0. The molecule has 0 spiro atoms. The van der Waals surface area contributed by atoms with Crippen molar-refractivity contribution in [3.63, 3.8) is 0 Å². The Morgan fingerprint density at radius 2 is 2.06 bits per heavy atom. The summed E-state index contributed by atoms with van der Waals surface area (Å²) in [4.78, 5) is 2.31. The number of nitrogens with zero attached hydrogens (tertiary/aromatic N) is 1. The highest BCUT2D eigenvalue weighted by atomic mass is 32.1. The maximum atomic E-state index is 5.43. The topological polar surface area (TPSA) is 24.5 Å². The van der Waals surface area contributed by atoms with E-state index in [9.17, 15) is 0 Å². The third kappa shape index (κ3) is 5.53. The molecule has 1 heterocycles. The fraction of sp³-hybridized carbons (Fsp3) is 0.929. The minimum Gasteiger partial charge on any atom is -0.382 e. The van der Waals surface area contributed by atoms with E-state index in [1.807, 2.05) is 6.92 Å². The number of ether oxygens (including phenoxy) is 1. The summed E-state index contributed by atoms with van der Waals surface area (Å²) in [5.41, 5.74) is 0. The smallest absolute Gasteiger partial charge is 0.168 e. The van der Waals surface area contributed by atoms with E-state index in [0.29, 0.717) is 0 Å². The lowest BCUT2D eigenvalue weighted by Gasteiger charge is -2.35. The molecule has 1 saturated heterocycles. The number of rotatable bonds is 6. The predicted molar refractivity (Wildman–Crippen MR) is 80.8 cm³/mol. The van der Waals surface area contributed by atoms with Crippen LogP contribution in [0.4, 0.5) is 0 Å². The average molecular weight is 272 g/mol. The highest BCUT2D eigenvalue weighted by molar-refractivity contribution is 7.80. The predicted octanol–water partition coefficient (Wildman–Crippen LogP) is 2.66. The standard InChI is InChI=1S/C14H28N2OS/c1-4-17-11-5-8-15-14(18)16-9-6-13(7-10-16)12(2)3/h12-13H,4-11H2,1-3H3,(H,15,18). The number of nitrogens with one attached hydrogen (secondary N) is 1. The van der Waals surface area contributed by atoms with Crippen LogP contribution in [0.1, 0.15) is 40.0 Å². The molecule has 4 heteroatoms. The number of likely N-dealkylation sites (tertiary alicyclic amines) is 1. The third-order valence-electron chi connectivity index (χ3n) is 3.72. The number of hydrogen-bond acceptors (Lipinski definition) is 2. The zero-order valence-corrected chi connectivity index (χ0v) is 12.9. The van der Waals surface area contributed by atoms with Gasteiger partial charge in [0.2, 0.25) is 0 Å². The van der Waals surface area contributed by atoms with Crippen molar-refractivity contribution in [2.24, 2.45) is 11.8 Å². The SMILES string of the molecule is CCOCCCNC(=S)N1CCC(C(C)C)CC1. The van der Waals surface area contributed by atoms with Gasteiger partial charge in [-0.15, -0.1) is 0 Å². The van der Waals surface area contributed by atoms with Crippen LogP contribution in [0, 0.1) is 11.8 Å². The van der Waals surface area contributed by atoms with Crippen molar-refractivity contribution in [1.82, 2.24) is 10.2 Å². The van der Waals surface area contributed by atoms with E-state index >= 15 is 0 Å². The zero-order valence-electron chi connectivity index (χ0n) is 12.1. The summed E-state index contributed by atoms with van der Waals surface area (Å²) >= 11 is 5.43. The molecule has 0 bridgehead atoms. The van der Waals surface area contributed by atoms with Crippen LogP contribution in [-0.2, 0) is 4.74 Å². The molecule has 1 fully saturated rings. The van der Waals surface area contributed by atoms with Crippen LogP contribution in [0.3, 0.4) is 0 Å². The quantitative estimate of drug-likeness (QED) is 0.593. The molecule has 1 N–H and O–H groups in total. The van der Waals surface area contributed by atoms with E-state index in [0.717, 1.165) is 56.2 Å². The largest absolute Gasteiger partial charge is 0.382 e. The van der Waals surface area contributed by atoms with Crippen molar-refractivity contribution in [3.8, 4) is 0 Å². The first-order valence-electron chi connectivity index (χ1n) is 7.25. The molecule has 0 atom stereocenters. The molecule has 0 amide bonds. The van der Waals surface area contributed by atoms with E-state index in [1.165, 1.54) is 12.8 Å². The van der Waals surface area contributed by atoms with Crippen molar-refractivity contribution >= 4 is 17.3 Å². The lowest BCUT2D eigenvalue weighted by molar-refractivity contribution is 0.145. The van der Waals surface area contributed by atoms with Crippen LogP contribution < -0.4 is 5.32 Å². The Kier molecular flexibility index (Phi) is 7.59. The van der Waals surface area contributed by atoms with Gasteiger partial charge in [0.25, 0.3) is 0 Å². The van der Waals surface area contributed by atoms with Gasteiger partial charge >= 0.3 is 0 Å². The van der Waals surface area contributed by atoms with Crippen LogP contribution in [0.15, 0.2) is 0 Å². The van der Waals surface area contributed by atoms with E-state index in [-0.39, 0.29) is 0 Å². The Balaban J connectivity index is 2.12. The number of hydrogen-bond donors (Lipinski definition) is 1. The Morgan fingerprint density at radius 1 is 1.39 bits per heavy atom. The van der Waals surface area contributed by atoms with Crippen LogP contribution in [0.5, 0.6) is 0 Å². The molecule has 0 aromatic heterocycles. The first-order valence-corrected chi connectivity index (χ1v) is 7.66. The third-order valence-corrected chi connectivity index (χ3v) is 4.12. The van der Waals surface area contributed by atoms with Crippen LogP contribution in [0.25, 0.3) is 0 Å². The molecule has 18 heavy (non-hydrogen) atoms. The van der Waals surface area contributed by atoms with E-state index < -0.39 is 0 Å². The van der Waals surface area contributed by atoms with Crippen molar-refractivity contribution < 1.29 is 4.74 Å². The molecule has 0 saturated carbocycles. The maximum absolute atomic E-state index is 5.43. The summed E-state index contributed by atoms with van der Waals surface area (Å²) < 4.78 is 5.30. The minimum absolute atomic E-state index is 0.799. The monoisotopic (exact) mass is 272 g/mol. The summed E-state index contributed by atoms with van der Waals surface area (Å²) in [5.74, 6) is 1.68. The fourth-order valence-electron chi connectivity index (χ4n) is 2.39. The summed E-state index contributed by atoms with van der Waals surface area (Å²) in [6.07, 6.45) is 3.58. The summed E-state index contributed by atoms with van der Waals surface area (Å²) in [5, 5.41) is 4.26. The van der Waals surface area contributed by atoms with Gasteiger partial charge in [-0.3, -0.25) is 0 Å². The van der Waals surface area contributed by atoms with Crippen molar-refractivity contribution in [2.45, 2.75) is 40.0 Å². The number of thiocarbonyl (C=S) groups is 1. The second-order valence-electron chi connectivity index (χ2n) is 5.35. The molecule has 0 aliphatic carbocycles. The Labute approximate surface area is 117 Å². The van der Waals surface area contributed by atoms with Gasteiger partial charge in [-0.2, -0.15) is 0 Å². The summed E-state index contributed by atoms with van der Waals surface area (Å²) in [6.45, 7) is 11.4. The molecule has 0 unspecified atom stereocenters. The van der Waals surface area contributed by atoms with Crippen molar-refractivity contribution in [2.75, 3.05) is 32.8 Å². The van der Waals surface area contributed by atoms with Crippen LogP contribution in [-0.4, -0.2) is 42.9 Å². The summed E-state index contributed by atoms with van der Waals surface area (Å²) in [6, 6.07) is 0. The van der Waals surface area contributed by atoms with Crippen LogP contribution in [0.2, 0.25) is 0 Å². The van der Waals surface area contributed by atoms with Crippen LogP contribution >= 0.6 is 12.2 Å². The van der Waals surface area contributed by atoms with Gasteiger partial charge in [-0.1, -0.05) is 13.8 Å². The molecule has 0 aromatic rings. The minimum atomic E-state index is 0.799. The fourth-order valence-corrected chi connectivity index (χ4v) is 2.68. The van der Waals surface area contributed by atoms with Gasteiger partial charge in [0, 0.05) is 32.8 Å². The average Bonchev–Trinajstić information content (AvgIpc) is 2.38. The highest BCUT2D eigenvalue weighted by Crippen LogP contribution is 2.24. The normalized spacial score (nSPS) is 17.2. The Hall–Kier alpha value is -0.350. The van der Waals surface area contributed by atoms with E-state index in [2.05, 4.69) is 24.1 Å². The molecular formula is C14H28N2OS. The molecule has 0 radical (unpaired) electrons. The first-order chi connectivity index (χ1) is 8.65. The maximum Gasteiger partial charge on any atom is 0.168 e. The first kappa shape index (κ1) is 15.7.